The Morgan fingerprint density at radius 2 is 2.00 bits per heavy atom. The predicted molar refractivity (Wildman–Crippen MR) is 86.2 cm³/mol. The molecule has 24 heavy (non-hydrogen) atoms. The summed E-state index contributed by atoms with van der Waals surface area (Å²) in [6, 6.07) is 1.46. The molecule has 1 aromatic heterocycles. The lowest BCUT2D eigenvalue weighted by molar-refractivity contribution is -0.141. The van der Waals surface area contributed by atoms with Crippen LogP contribution in [0.3, 0.4) is 0 Å². The highest BCUT2D eigenvalue weighted by molar-refractivity contribution is 5.85. The Labute approximate surface area is 141 Å². The van der Waals surface area contributed by atoms with E-state index in [1.807, 2.05) is 21.8 Å². The summed E-state index contributed by atoms with van der Waals surface area (Å²) in [7, 11) is 0. The van der Waals surface area contributed by atoms with Crippen LogP contribution in [0.1, 0.15) is 32.1 Å². The zero-order valence-electron chi connectivity index (χ0n) is 13.8. The van der Waals surface area contributed by atoms with E-state index in [0.717, 1.165) is 45.3 Å². The Morgan fingerprint density at radius 1 is 1.25 bits per heavy atom. The number of carbonyl (C=O) groups is 2. The monoisotopic (exact) mass is 332 g/mol. The van der Waals surface area contributed by atoms with Crippen molar-refractivity contribution in [2.45, 2.75) is 44.7 Å². The number of likely N-dealkylation sites (tertiary alicyclic amines) is 1. The molecule has 1 unspecified atom stereocenters. The summed E-state index contributed by atoms with van der Waals surface area (Å²) < 4.78 is 1.86. The van der Waals surface area contributed by atoms with Gasteiger partial charge in [-0.2, -0.15) is 5.10 Å². The fourth-order valence-electron chi connectivity index (χ4n) is 4.29. The maximum absolute atomic E-state index is 13.0. The van der Waals surface area contributed by atoms with Crippen molar-refractivity contribution in [1.82, 2.24) is 20.0 Å². The zero-order chi connectivity index (χ0) is 16.8. The van der Waals surface area contributed by atoms with E-state index in [4.69, 9.17) is 5.11 Å². The zero-order valence-corrected chi connectivity index (χ0v) is 13.8. The fraction of sp³-hybridized carbons (Fsp3) is 0.706. The molecule has 2 saturated heterocycles. The Morgan fingerprint density at radius 3 is 2.54 bits per heavy atom. The van der Waals surface area contributed by atoms with Gasteiger partial charge in [-0.15, -0.1) is 0 Å². The Kier molecular flexibility index (Phi) is 3.63. The van der Waals surface area contributed by atoms with Crippen LogP contribution in [0.2, 0.25) is 0 Å². The van der Waals surface area contributed by atoms with Gasteiger partial charge in [0.05, 0.1) is 12.0 Å². The molecular formula is C17H24N4O3. The summed E-state index contributed by atoms with van der Waals surface area (Å²) in [6.45, 7) is 2.91. The Hall–Kier alpha value is -1.89. The van der Waals surface area contributed by atoms with Gasteiger partial charge in [0.2, 0.25) is 5.91 Å². The highest BCUT2D eigenvalue weighted by Crippen LogP contribution is 2.50. The summed E-state index contributed by atoms with van der Waals surface area (Å²) in [5, 5.41) is 16.5. The van der Waals surface area contributed by atoms with Gasteiger partial charge in [-0.1, -0.05) is 0 Å². The summed E-state index contributed by atoms with van der Waals surface area (Å²) >= 11 is 0. The first-order valence-electron chi connectivity index (χ1n) is 8.75. The van der Waals surface area contributed by atoms with Gasteiger partial charge in [0.1, 0.15) is 6.04 Å². The van der Waals surface area contributed by atoms with E-state index >= 15 is 0 Å². The number of amides is 1. The number of nitrogens with one attached hydrogen (secondary N) is 1. The second kappa shape index (κ2) is 5.58. The summed E-state index contributed by atoms with van der Waals surface area (Å²) in [5.41, 5.74) is -0.202. The molecule has 0 bridgehead atoms. The first-order valence-corrected chi connectivity index (χ1v) is 8.75. The summed E-state index contributed by atoms with van der Waals surface area (Å²) in [4.78, 5) is 26.1. The smallest absolute Gasteiger partial charge is 0.320 e. The number of carboxylic acids is 1. The highest BCUT2D eigenvalue weighted by atomic mass is 16.4. The van der Waals surface area contributed by atoms with Crippen LogP contribution in [0.5, 0.6) is 0 Å². The van der Waals surface area contributed by atoms with Gasteiger partial charge < -0.3 is 15.3 Å². The van der Waals surface area contributed by atoms with E-state index in [0.29, 0.717) is 13.0 Å². The van der Waals surface area contributed by atoms with E-state index in [1.54, 1.807) is 6.20 Å². The molecule has 2 N–H and O–H groups in total. The molecule has 4 rings (SSSR count). The first-order chi connectivity index (χ1) is 11.5. The predicted octanol–water partition coefficient (Wildman–Crippen LogP) is 0.719. The maximum Gasteiger partial charge on any atom is 0.320 e. The first kappa shape index (κ1) is 15.6. The molecule has 2 aliphatic heterocycles. The molecule has 1 aromatic rings. The summed E-state index contributed by atoms with van der Waals surface area (Å²) in [5.74, 6) is -0.505. The number of carbonyl (C=O) groups excluding carboxylic acids is 1. The van der Waals surface area contributed by atoms with Crippen molar-refractivity contribution < 1.29 is 14.7 Å². The number of aromatic nitrogens is 2. The molecule has 1 amide bonds. The molecule has 7 nitrogen and oxygen atoms in total. The lowest BCUT2D eigenvalue weighted by Gasteiger charge is -2.40. The van der Waals surface area contributed by atoms with Gasteiger partial charge in [0.15, 0.2) is 0 Å². The molecule has 130 valence electrons. The van der Waals surface area contributed by atoms with Crippen LogP contribution >= 0.6 is 0 Å². The standard InChI is InChI=1S/C17H24N4O3/c22-14(23)13-10-16(11-18-13)4-8-20(9-5-16)15(24)17(2-3-17)12-21-7-1-6-19-21/h1,6-7,13,18H,2-5,8-12H2,(H,22,23). The van der Waals surface area contributed by atoms with Crippen LogP contribution in [0.15, 0.2) is 18.5 Å². The Bertz CT molecular complexity index is 630. The molecule has 1 aliphatic carbocycles. The van der Waals surface area contributed by atoms with Gasteiger partial charge in [0, 0.05) is 32.0 Å². The van der Waals surface area contributed by atoms with Crippen LogP contribution in [0.4, 0.5) is 0 Å². The van der Waals surface area contributed by atoms with Crippen LogP contribution in [0, 0.1) is 10.8 Å². The highest BCUT2D eigenvalue weighted by Gasteiger charge is 2.53. The summed E-state index contributed by atoms with van der Waals surface area (Å²) in [6.07, 6.45) is 8.02. The van der Waals surface area contributed by atoms with Crippen molar-refractivity contribution in [2.24, 2.45) is 10.8 Å². The van der Waals surface area contributed by atoms with E-state index in [2.05, 4.69) is 10.4 Å². The molecule has 3 fully saturated rings. The number of aliphatic carboxylic acids is 1. The van der Waals surface area contributed by atoms with Crippen LogP contribution in [0.25, 0.3) is 0 Å². The van der Waals surface area contributed by atoms with Gasteiger partial charge >= 0.3 is 5.97 Å². The second-order valence-electron chi connectivity index (χ2n) is 7.75. The lowest BCUT2D eigenvalue weighted by atomic mass is 9.76. The van der Waals surface area contributed by atoms with Crippen molar-refractivity contribution in [3.05, 3.63) is 18.5 Å². The lowest BCUT2D eigenvalue weighted by Crippen LogP contribution is -2.47. The number of piperidine rings is 1. The number of rotatable bonds is 4. The van der Waals surface area contributed by atoms with Crippen molar-refractivity contribution in [3.63, 3.8) is 0 Å². The topological polar surface area (TPSA) is 87.5 Å². The third kappa shape index (κ3) is 2.70. The molecule has 3 heterocycles. The molecule has 1 spiro atoms. The Balaban J connectivity index is 1.36. The minimum atomic E-state index is -0.762. The van der Waals surface area contributed by atoms with Crippen molar-refractivity contribution in [2.75, 3.05) is 19.6 Å². The minimum Gasteiger partial charge on any atom is -0.480 e. The normalized spacial score (nSPS) is 27.3. The number of carboxylic acid groups (broad SMARTS) is 1. The molecule has 0 aromatic carbocycles. The quantitative estimate of drug-likeness (QED) is 0.848. The molecule has 1 atom stereocenters. The number of nitrogens with zero attached hydrogens (tertiary/aromatic N) is 3. The van der Waals surface area contributed by atoms with E-state index < -0.39 is 12.0 Å². The maximum atomic E-state index is 13.0. The molecule has 1 saturated carbocycles. The van der Waals surface area contributed by atoms with E-state index in [9.17, 15) is 9.59 Å². The van der Waals surface area contributed by atoms with Gasteiger partial charge in [0.25, 0.3) is 0 Å². The SMILES string of the molecule is O=C(O)C1CC2(CCN(C(=O)C3(Cn4cccn4)CC3)CC2)CN1. The van der Waals surface area contributed by atoms with Crippen molar-refractivity contribution >= 4 is 11.9 Å². The van der Waals surface area contributed by atoms with Crippen molar-refractivity contribution in [3.8, 4) is 0 Å². The molecule has 0 radical (unpaired) electrons. The van der Waals surface area contributed by atoms with Crippen molar-refractivity contribution in [1.29, 1.82) is 0 Å². The number of hydrogen-bond acceptors (Lipinski definition) is 4. The van der Waals surface area contributed by atoms with Gasteiger partial charge in [-0.05, 0) is 43.6 Å². The van der Waals surface area contributed by atoms with Crippen LogP contribution in [-0.2, 0) is 16.1 Å². The fourth-order valence-corrected chi connectivity index (χ4v) is 4.29. The third-order valence-electron chi connectivity index (χ3n) is 6.10. The molecular weight excluding hydrogens is 308 g/mol. The van der Waals surface area contributed by atoms with Crippen LogP contribution < -0.4 is 5.32 Å². The molecule has 7 heteroatoms. The van der Waals surface area contributed by atoms with Gasteiger partial charge in [-0.25, -0.2) is 0 Å². The minimum absolute atomic E-state index is 0.0541. The number of hydrogen-bond donors (Lipinski definition) is 2. The average molecular weight is 332 g/mol. The average Bonchev–Trinajstić information content (AvgIpc) is 2.97. The van der Waals surface area contributed by atoms with E-state index in [-0.39, 0.29) is 16.7 Å². The largest absolute Gasteiger partial charge is 0.480 e. The molecule has 3 aliphatic rings. The van der Waals surface area contributed by atoms with Crippen LogP contribution in [-0.4, -0.2) is 57.3 Å². The third-order valence-corrected chi connectivity index (χ3v) is 6.10. The van der Waals surface area contributed by atoms with E-state index in [1.165, 1.54) is 0 Å². The van der Waals surface area contributed by atoms with Gasteiger partial charge in [-0.3, -0.25) is 14.3 Å². The second-order valence-corrected chi connectivity index (χ2v) is 7.75.